The van der Waals surface area contributed by atoms with Crippen molar-refractivity contribution in [3.8, 4) is 0 Å². The van der Waals surface area contributed by atoms with Crippen molar-refractivity contribution in [3.05, 3.63) is 35.9 Å². The number of primary amides is 1. The number of hydrogen-bond acceptors (Lipinski definition) is 4. The Morgan fingerprint density at radius 2 is 1.84 bits per heavy atom. The number of piperidine rings is 1. The summed E-state index contributed by atoms with van der Waals surface area (Å²) < 4.78 is 0. The Bertz CT molecular complexity index is 598. The van der Waals surface area contributed by atoms with E-state index in [1.165, 1.54) is 0 Å². The molecule has 1 atom stereocenters. The third-order valence-corrected chi connectivity index (χ3v) is 4.24. The molecule has 1 heterocycles. The molecule has 25 heavy (non-hydrogen) atoms. The highest BCUT2D eigenvalue weighted by Gasteiger charge is 2.22. The lowest BCUT2D eigenvalue weighted by molar-refractivity contribution is -0.123. The monoisotopic (exact) mass is 346 g/mol. The fourth-order valence-corrected chi connectivity index (χ4v) is 2.97. The summed E-state index contributed by atoms with van der Waals surface area (Å²) in [6.07, 6.45) is 1.83. The first-order valence-electron chi connectivity index (χ1n) is 8.60. The van der Waals surface area contributed by atoms with E-state index in [9.17, 15) is 14.4 Å². The molecule has 1 aliphatic rings. The molecule has 0 bridgehead atoms. The van der Waals surface area contributed by atoms with Crippen molar-refractivity contribution in [2.24, 2.45) is 5.73 Å². The lowest BCUT2D eigenvalue weighted by Gasteiger charge is -2.31. The zero-order valence-electron chi connectivity index (χ0n) is 14.5. The van der Waals surface area contributed by atoms with Gasteiger partial charge in [-0.15, -0.1) is 0 Å². The quantitative estimate of drug-likeness (QED) is 0.659. The molecule has 1 aromatic carbocycles. The van der Waals surface area contributed by atoms with E-state index in [0.29, 0.717) is 5.56 Å². The van der Waals surface area contributed by atoms with E-state index < -0.39 is 0 Å². The predicted molar refractivity (Wildman–Crippen MR) is 94.8 cm³/mol. The molecular formula is C18H26N4O3. The molecule has 1 unspecified atom stereocenters. The van der Waals surface area contributed by atoms with Crippen molar-refractivity contribution < 1.29 is 14.4 Å². The number of likely N-dealkylation sites (tertiary alicyclic amines) is 1. The molecule has 0 radical (unpaired) electrons. The summed E-state index contributed by atoms with van der Waals surface area (Å²) in [5, 5.41) is 5.84. The highest BCUT2D eigenvalue weighted by molar-refractivity contribution is 5.94. The molecule has 1 aromatic rings. The molecule has 0 aromatic heterocycles. The van der Waals surface area contributed by atoms with E-state index in [1.807, 2.05) is 17.9 Å². The van der Waals surface area contributed by atoms with E-state index in [0.717, 1.165) is 25.9 Å². The maximum atomic E-state index is 12.1. The highest BCUT2D eigenvalue weighted by atomic mass is 16.2. The van der Waals surface area contributed by atoms with Crippen LogP contribution in [0.25, 0.3) is 0 Å². The van der Waals surface area contributed by atoms with Gasteiger partial charge >= 0.3 is 0 Å². The second-order valence-corrected chi connectivity index (χ2v) is 6.53. The van der Waals surface area contributed by atoms with Gasteiger partial charge in [-0.2, -0.15) is 0 Å². The smallest absolute Gasteiger partial charge is 0.251 e. The Labute approximate surface area is 147 Å². The van der Waals surface area contributed by atoms with Gasteiger partial charge in [0.1, 0.15) is 0 Å². The maximum absolute atomic E-state index is 12.1. The van der Waals surface area contributed by atoms with Crippen LogP contribution in [0.1, 0.15) is 36.5 Å². The van der Waals surface area contributed by atoms with E-state index in [-0.39, 0.29) is 42.8 Å². The first-order chi connectivity index (χ1) is 11.9. The van der Waals surface area contributed by atoms with Crippen LogP contribution in [0.3, 0.4) is 0 Å². The summed E-state index contributed by atoms with van der Waals surface area (Å²) in [6.45, 7) is 3.57. The molecule has 1 saturated heterocycles. The van der Waals surface area contributed by atoms with Gasteiger partial charge in [-0.3, -0.25) is 19.3 Å². The summed E-state index contributed by atoms with van der Waals surface area (Å²) in [4.78, 5) is 37.1. The Kier molecular flexibility index (Phi) is 6.94. The number of carbonyl (C=O) groups is 3. The molecular weight excluding hydrogens is 320 g/mol. The molecule has 1 aliphatic heterocycles. The Hall–Kier alpha value is -2.41. The number of amides is 3. The predicted octanol–water partition coefficient (Wildman–Crippen LogP) is 0.261. The minimum Gasteiger partial charge on any atom is -0.369 e. The van der Waals surface area contributed by atoms with Crippen LogP contribution in [-0.2, 0) is 9.59 Å². The molecule has 0 aliphatic carbocycles. The normalized spacial score (nSPS) is 16.8. The number of carbonyl (C=O) groups excluding carboxylic acids is 3. The fraction of sp³-hybridized carbons (Fsp3) is 0.500. The van der Waals surface area contributed by atoms with Crippen LogP contribution < -0.4 is 16.4 Å². The van der Waals surface area contributed by atoms with Crippen LogP contribution >= 0.6 is 0 Å². The van der Waals surface area contributed by atoms with Gasteiger partial charge in [0.2, 0.25) is 11.8 Å². The summed E-state index contributed by atoms with van der Waals surface area (Å²) in [5.74, 6) is -0.583. The van der Waals surface area contributed by atoms with Gasteiger partial charge in [0, 0.05) is 37.2 Å². The summed E-state index contributed by atoms with van der Waals surface area (Å²) in [5.41, 5.74) is 5.77. The largest absolute Gasteiger partial charge is 0.369 e. The molecule has 2 rings (SSSR count). The summed E-state index contributed by atoms with van der Waals surface area (Å²) >= 11 is 0. The number of hydrogen-bond donors (Lipinski definition) is 3. The third kappa shape index (κ3) is 6.54. The van der Waals surface area contributed by atoms with Crippen molar-refractivity contribution in [3.63, 3.8) is 0 Å². The van der Waals surface area contributed by atoms with Crippen molar-refractivity contribution in [1.82, 2.24) is 15.5 Å². The fourth-order valence-electron chi connectivity index (χ4n) is 2.97. The molecule has 0 saturated carbocycles. The summed E-state index contributed by atoms with van der Waals surface area (Å²) in [7, 11) is 0. The lowest BCUT2D eigenvalue weighted by Crippen LogP contribution is -2.47. The van der Waals surface area contributed by atoms with Gasteiger partial charge in [-0.25, -0.2) is 0 Å². The van der Waals surface area contributed by atoms with Gasteiger partial charge in [0.15, 0.2) is 0 Å². The Morgan fingerprint density at radius 3 is 2.44 bits per heavy atom. The molecule has 7 heteroatoms. The number of rotatable bonds is 7. The minimum atomic E-state index is -0.328. The van der Waals surface area contributed by atoms with Crippen molar-refractivity contribution in [2.75, 3.05) is 19.6 Å². The number of benzene rings is 1. The van der Waals surface area contributed by atoms with Crippen molar-refractivity contribution >= 4 is 17.7 Å². The molecule has 136 valence electrons. The Morgan fingerprint density at radius 1 is 1.20 bits per heavy atom. The van der Waals surface area contributed by atoms with Crippen LogP contribution in [0.2, 0.25) is 0 Å². The zero-order valence-corrected chi connectivity index (χ0v) is 14.5. The standard InChI is InChI=1S/C18H26N4O3/c1-13(20-18(25)14-5-3-2-4-6-14)11-17(24)21-15-7-9-22(10-8-15)12-16(19)23/h2-6,13,15H,7-12H2,1H3,(H2,19,23)(H,20,25)(H,21,24). The molecule has 0 spiro atoms. The van der Waals surface area contributed by atoms with E-state index >= 15 is 0 Å². The van der Waals surface area contributed by atoms with E-state index in [2.05, 4.69) is 10.6 Å². The van der Waals surface area contributed by atoms with Gasteiger partial charge in [0.25, 0.3) is 5.91 Å². The maximum Gasteiger partial charge on any atom is 0.251 e. The topological polar surface area (TPSA) is 105 Å². The number of nitrogens with two attached hydrogens (primary N) is 1. The molecule has 7 nitrogen and oxygen atoms in total. The van der Waals surface area contributed by atoms with Crippen molar-refractivity contribution in [1.29, 1.82) is 0 Å². The van der Waals surface area contributed by atoms with Crippen LogP contribution in [-0.4, -0.2) is 54.3 Å². The van der Waals surface area contributed by atoms with Crippen LogP contribution in [0, 0.1) is 0 Å². The second-order valence-electron chi connectivity index (χ2n) is 6.53. The minimum absolute atomic E-state index is 0.0748. The number of nitrogens with one attached hydrogen (secondary N) is 2. The second kappa shape index (κ2) is 9.17. The molecule has 4 N–H and O–H groups in total. The van der Waals surface area contributed by atoms with E-state index in [4.69, 9.17) is 5.73 Å². The Balaban J connectivity index is 1.70. The van der Waals surface area contributed by atoms with E-state index in [1.54, 1.807) is 24.3 Å². The first-order valence-corrected chi connectivity index (χ1v) is 8.60. The third-order valence-electron chi connectivity index (χ3n) is 4.24. The average Bonchev–Trinajstić information content (AvgIpc) is 2.56. The van der Waals surface area contributed by atoms with Gasteiger partial charge in [-0.05, 0) is 31.9 Å². The SMILES string of the molecule is CC(CC(=O)NC1CCN(CC(N)=O)CC1)NC(=O)c1ccccc1. The van der Waals surface area contributed by atoms with Crippen LogP contribution in [0.4, 0.5) is 0 Å². The van der Waals surface area contributed by atoms with Crippen LogP contribution in [0.5, 0.6) is 0 Å². The highest BCUT2D eigenvalue weighted by Crippen LogP contribution is 2.10. The molecule has 3 amide bonds. The molecule has 1 fully saturated rings. The first kappa shape index (κ1) is 18.9. The zero-order chi connectivity index (χ0) is 18.2. The van der Waals surface area contributed by atoms with Gasteiger partial charge < -0.3 is 16.4 Å². The van der Waals surface area contributed by atoms with Crippen LogP contribution in [0.15, 0.2) is 30.3 Å². The summed E-state index contributed by atoms with van der Waals surface area (Å²) in [6, 6.07) is 8.79. The average molecular weight is 346 g/mol. The van der Waals surface area contributed by atoms with Crippen molar-refractivity contribution in [2.45, 2.75) is 38.3 Å². The van der Waals surface area contributed by atoms with Gasteiger partial charge in [0.05, 0.1) is 6.54 Å². The van der Waals surface area contributed by atoms with Gasteiger partial charge in [-0.1, -0.05) is 18.2 Å². The number of nitrogens with zero attached hydrogens (tertiary/aromatic N) is 1. The lowest BCUT2D eigenvalue weighted by atomic mass is 10.0.